The molecule has 1 fully saturated rings. The number of carboxylic acid groups (broad SMARTS) is 1. The van der Waals surface area contributed by atoms with Crippen LogP contribution in [0, 0.1) is 18.8 Å². The van der Waals surface area contributed by atoms with Gasteiger partial charge < -0.3 is 15.2 Å². The SMILES string of the molecule is Cc1cc(NC(=O)C2CC2C(=O)O)ccc1OCC(F)(F)F. The summed E-state index contributed by atoms with van der Waals surface area (Å²) >= 11 is 0. The Hall–Kier alpha value is -2.25. The van der Waals surface area contributed by atoms with E-state index in [1.54, 1.807) is 6.92 Å². The van der Waals surface area contributed by atoms with Crippen molar-refractivity contribution in [2.45, 2.75) is 19.5 Å². The normalized spacial score (nSPS) is 20.4. The van der Waals surface area contributed by atoms with Gasteiger partial charge >= 0.3 is 12.1 Å². The fourth-order valence-electron chi connectivity index (χ4n) is 2.04. The lowest BCUT2D eigenvalue weighted by atomic mass is 10.2. The minimum Gasteiger partial charge on any atom is -0.484 e. The maximum atomic E-state index is 12.1. The summed E-state index contributed by atoms with van der Waals surface area (Å²) in [4.78, 5) is 22.5. The molecule has 1 aliphatic carbocycles. The highest BCUT2D eigenvalue weighted by atomic mass is 19.4. The zero-order chi connectivity index (χ0) is 16.5. The fraction of sp³-hybridized carbons (Fsp3) is 0.429. The topological polar surface area (TPSA) is 75.6 Å². The van der Waals surface area contributed by atoms with Crippen LogP contribution in [0.3, 0.4) is 0 Å². The molecule has 120 valence electrons. The number of halogens is 3. The quantitative estimate of drug-likeness (QED) is 0.875. The smallest absolute Gasteiger partial charge is 0.422 e. The molecule has 1 aromatic rings. The molecule has 2 atom stereocenters. The Morgan fingerprint density at radius 1 is 1.36 bits per heavy atom. The van der Waals surface area contributed by atoms with Crippen molar-refractivity contribution in [1.82, 2.24) is 0 Å². The Kier molecular flexibility index (Phi) is 4.30. The minimum absolute atomic E-state index is 0.0742. The van der Waals surface area contributed by atoms with E-state index in [4.69, 9.17) is 5.11 Å². The van der Waals surface area contributed by atoms with Crippen molar-refractivity contribution in [2.24, 2.45) is 11.8 Å². The van der Waals surface area contributed by atoms with Crippen molar-refractivity contribution >= 4 is 17.6 Å². The minimum atomic E-state index is -4.42. The van der Waals surface area contributed by atoms with Gasteiger partial charge in [-0.15, -0.1) is 0 Å². The second-order valence-corrected chi connectivity index (χ2v) is 5.16. The molecule has 22 heavy (non-hydrogen) atoms. The molecule has 5 nitrogen and oxygen atoms in total. The Labute approximate surface area is 124 Å². The van der Waals surface area contributed by atoms with Crippen LogP contribution in [0.1, 0.15) is 12.0 Å². The highest BCUT2D eigenvalue weighted by molar-refractivity contribution is 5.98. The molecule has 2 N–H and O–H groups in total. The number of benzene rings is 1. The number of rotatable bonds is 5. The molecule has 1 saturated carbocycles. The molecule has 0 heterocycles. The van der Waals surface area contributed by atoms with Crippen LogP contribution in [0.4, 0.5) is 18.9 Å². The predicted molar refractivity (Wildman–Crippen MR) is 70.6 cm³/mol. The van der Waals surface area contributed by atoms with Crippen molar-refractivity contribution in [3.8, 4) is 5.75 Å². The van der Waals surface area contributed by atoms with Crippen LogP contribution in [0.25, 0.3) is 0 Å². The van der Waals surface area contributed by atoms with Crippen molar-refractivity contribution in [3.05, 3.63) is 23.8 Å². The summed E-state index contributed by atoms with van der Waals surface area (Å²) in [5.74, 6) is -2.55. The van der Waals surface area contributed by atoms with E-state index in [-0.39, 0.29) is 5.75 Å². The first kappa shape index (κ1) is 16.1. The molecule has 2 unspecified atom stereocenters. The number of aryl methyl sites for hydroxylation is 1. The lowest BCUT2D eigenvalue weighted by Gasteiger charge is -2.12. The molecule has 0 saturated heterocycles. The van der Waals surface area contributed by atoms with Gasteiger partial charge in [-0.2, -0.15) is 13.2 Å². The molecule has 0 spiro atoms. The van der Waals surface area contributed by atoms with E-state index in [1.807, 2.05) is 0 Å². The first-order valence-electron chi connectivity index (χ1n) is 6.51. The van der Waals surface area contributed by atoms with Crippen molar-refractivity contribution in [1.29, 1.82) is 0 Å². The van der Waals surface area contributed by atoms with E-state index < -0.39 is 36.5 Å². The lowest BCUT2D eigenvalue weighted by molar-refractivity contribution is -0.153. The summed E-state index contributed by atoms with van der Waals surface area (Å²) in [5, 5.41) is 11.3. The Bertz CT molecular complexity index is 600. The Balaban J connectivity index is 1.95. The third kappa shape index (κ3) is 4.12. The van der Waals surface area contributed by atoms with E-state index in [0.717, 1.165) is 0 Å². The maximum absolute atomic E-state index is 12.1. The maximum Gasteiger partial charge on any atom is 0.422 e. The van der Waals surface area contributed by atoms with Crippen molar-refractivity contribution < 1.29 is 32.6 Å². The average molecular weight is 317 g/mol. The molecule has 2 rings (SSSR count). The molecule has 8 heteroatoms. The van der Waals surface area contributed by atoms with Gasteiger partial charge in [0, 0.05) is 5.69 Å². The summed E-state index contributed by atoms with van der Waals surface area (Å²) in [5.41, 5.74) is 0.825. The summed E-state index contributed by atoms with van der Waals surface area (Å²) in [7, 11) is 0. The van der Waals surface area contributed by atoms with Gasteiger partial charge in [0.2, 0.25) is 5.91 Å². The number of anilines is 1. The van der Waals surface area contributed by atoms with Crippen LogP contribution in [0.15, 0.2) is 18.2 Å². The van der Waals surface area contributed by atoms with Crippen molar-refractivity contribution in [2.75, 3.05) is 11.9 Å². The number of carbonyl (C=O) groups is 2. The molecule has 0 bridgehead atoms. The van der Waals surface area contributed by atoms with Crippen LogP contribution in [-0.4, -0.2) is 29.8 Å². The van der Waals surface area contributed by atoms with Crippen LogP contribution in [0.2, 0.25) is 0 Å². The molecular weight excluding hydrogens is 303 g/mol. The van der Waals surface area contributed by atoms with Crippen LogP contribution >= 0.6 is 0 Å². The summed E-state index contributed by atoms with van der Waals surface area (Å²) in [6.45, 7) is 0.167. The van der Waals surface area contributed by atoms with Gasteiger partial charge in [-0.3, -0.25) is 9.59 Å². The van der Waals surface area contributed by atoms with Crippen LogP contribution in [-0.2, 0) is 9.59 Å². The first-order valence-corrected chi connectivity index (χ1v) is 6.51. The van der Waals surface area contributed by atoms with E-state index in [0.29, 0.717) is 17.7 Å². The second kappa shape index (κ2) is 5.86. The molecule has 0 aromatic heterocycles. The number of nitrogens with one attached hydrogen (secondary N) is 1. The monoisotopic (exact) mass is 317 g/mol. The third-order valence-electron chi connectivity index (χ3n) is 3.28. The number of carbonyl (C=O) groups excluding carboxylic acids is 1. The highest BCUT2D eigenvalue weighted by Gasteiger charge is 2.48. The zero-order valence-corrected chi connectivity index (χ0v) is 11.6. The molecule has 0 aliphatic heterocycles. The van der Waals surface area contributed by atoms with Gasteiger partial charge in [-0.1, -0.05) is 0 Å². The summed E-state index contributed by atoms with van der Waals surface area (Å²) in [6.07, 6.45) is -4.12. The highest BCUT2D eigenvalue weighted by Crippen LogP contribution is 2.39. The molecular formula is C14H14F3NO4. The summed E-state index contributed by atoms with van der Waals surface area (Å²) in [6, 6.07) is 4.22. The van der Waals surface area contributed by atoms with Gasteiger partial charge in [-0.25, -0.2) is 0 Å². The van der Waals surface area contributed by atoms with E-state index in [1.165, 1.54) is 18.2 Å². The van der Waals surface area contributed by atoms with Gasteiger partial charge in [-0.05, 0) is 37.1 Å². The van der Waals surface area contributed by atoms with Gasteiger partial charge in [0.05, 0.1) is 11.8 Å². The molecule has 1 aromatic carbocycles. The zero-order valence-electron chi connectivity index (χ0n) is 11.6. The summed E-state index contributed by atoms with van der Waals surface area (Å²) < 4.78 is 40.9. The van der Waals surface area contributed by atoms with Crippen LogP contribution in [0.5, 0.6) is 5.75 Å². The number of hydrogen-bond donors (Lipinski definition) is 2. The predicted octanol–water partition coefficient (Wildman–Crippen LogP) is 2.60. The number of hydrogen-bond acceptors (Lipinski definition) is 3. The number of ether oxygens (including phenoxy) is 1. The number of aliphatic carboxylic acids is 1. The van der Waals surface area contributed by atoms with Crippen LogP contribution < -0.4 is 10.1 Å². The van der Waals surface area contributed by atoms with Gasteiger partial charge in [0.25, 0.3) is 0 Å². The molecule has 1 aliphatic rings. The van der Waals surface area contributed by atoms with Crippen molar-refractivity contribution in [3.63, 3.8) is 0 Å². The number of amides is 1. The average Bonchev–Trinajstić information content (AvgIpc) is 3.16. The third-order valence-corrected chi connectivity index (χ3v) is 3.28. The Morgan fingerprint density at radius 3 is 2.55 bits per heavy atom. The largest absolute Gasteiger partial charge is 0.484 e. The number of alkyl halides is 3. The Morgan fingerprint density at radius 2 is 2.05 bits per heavy atom. The van der Waals surface area contributed by atoms with Gasteiger partial charge in [0.1, 0.15) is 5.75 Å². The second-order valence-electron chi connectivity index (χ2n) is 5.16. The van der Waals surface area contributed by atoms with E-state index in [9.17, 15) is 22.8 Å². The standard InChI is InChI=1S/C14H14F3NO4/c1-7-4-8(2-3-11(7)22-6-14(15,16)17)18-12(19)9-5-10(9)13(20)21/h2-4,9-10H,5-6H2,1H3,(H,18,19)(H,20,21). The van der Waals surface area contributed by atoms with E-state index >= 15 is 0 Å². The fourth-order valence-corrected chi connectivity index (χ4v) is 2.04. The van der Waals surface area contributed by atoms with E-state index in [2.05, 4.69) is 10.1 Å². The molecule has 1 amide bonds. The first-order chi connectivity index (χ1) is 10.2. The van der Waals surface area contributed by atoms with Gasteiger partial charge in [0.15, 0.2) is 6.61 Å². The number of carboxylic acids is 1. The lowest BCUT2D eigenvalue weighted by Crippen LogP contribution is -2.19. The molecule has 0 radical (unpaired) electrons.